The number of methoxy groups -OCH3 is 1. The minimum atomic E-state index is -0.718. The van der Waals surface area contributed by atoms with Crippen molar-refractivity contribution in [2.45, 2.75) is 5.22 Å². The van der Waals surface area contributed by atoms with Gasteiger partial charge in [0.05, 0.1) is 18.6 Å². The van der Waals surface area contributed by atoms with E-state index >= 15 is 0 Å². The number of anilines is 1. The Hall–Kier alpha value is -2.94. The summed E-state index contributed by atoms with van der Waals surface area (Å²) in [5, 5.41) is 10.2. The largest absolute Gasteiger partial charge is 0.497 e. The average molecular weight is 377 g/mol. The quantitative estimate of drug-likeness (QED) is 0.659. The Morgan fingerprint density at radius 3 is 2.69 bits per heavy atom. The van der Waals surface area contributed by atoms with Gasteiger partial charge in [-0.1, -0.05) is 11.8 Å². The van der Waals surface area contributed by atoms with Gasteiger partial charge in [0.25, 0.3) is 5.22 Å². The molecule has 9 heteroatoms. The first-order valence-corrected chi connectivity index (χ1v) is 8.39. The van der Waals surface area contributed by atoms with Crippen molar-refractivity contribution in [3.05, 3.63) is 54.1 Å². The Balaban J connectivity index is 1.58. The van der Waals surface area contributed by atoms with E-state index in [0.29, 0.717) is 17.2 Å². The van der Waals surface area contributed by atoms with Gasteiger partial charge in [0.1, 0.15) is 17.4 Å². The van der Waals surface area contributed by atoms with Crippen molar-refractivity contribution < 1.29 is 22.7 Å². The van der Waals surface area contributed by atoms with Gasteiger partial charge in [0.2, 0.25) is 11.8 Å². The normalized spacial score (nSPS) is 10.6. The Bertz CT molecular complexity index is 916. The molecule has 1 heterocycles. The SMILES string of the molecule is COc1ccc(-c2nnc(SCC(=O)Nc3cc(F)ccc3F)o2)cc1. The maximum Gasteiger partial charge on any atom is 0.277 e. The number of nitrogens with zero attached hydrogens (tertiary/aromatic N) is 2. The van der Waals surface area contributed by atoms with Crippen LogP contribution in [0.1, 0.15) is 0 Å². The third-order valence-corrected chi connectivity index (χ3v) is 4.09. The lowest BCUT2D eigenvalue weighted by Gasteiger charge is -2.05. The highest BCUT2D eigenvalue weighted by Gasteiger charge is 2.13. The van der Waals surface area contributed by atoms with E-state index < -0.39 is 17.5 Å². The number of aromatic nitrogens is 2. The average Bonchev–Trinajstić information content (AvgIpc) is 3.12. The van der Waals surface area contributed by atoms with Crippen molar-refractivity contribution in [3.63, 3.8) is 0 Å². The number of hydrogen-bond donors (Lipinski definition) is 1. The number of benzene rings is 2. The predicted octanol–water partition coefficient (Wildman–Crippen LogP) is 3.75. The molecular formula is C17H13F2N3O3S. The van der Waals surface area contributed by atoms with E-state index in [1.54, 1.807) is 31.4 Å². The highest BCUT2D eigenvalue weighted by Crippen LogP contribution is 2.25. The van der Waals surface area contributed by atoms with Gasteiger partial charge in [-0.15, -0.1) is 10.2 Å². The second-order valence-electron chi connectivity index (χ2n) is 5.06. The second-order valence-corrected chi connectivity index (χ2v) is 5.99. The summed E-state index contributed by atoms with van der Waals surface area (Å²) in [5.74, 6) is -0.987. The van der Waals surface area contributed by atoms with Gasteiger partial charge in [0.15, 0.2) is 0 Å². The molecular weight excluding hydrogens is 364 g/mol. The molecule has 1 amide bonds. The molecule has 0 aliphatic heterocycles. The highest BCUT2D eigenvalue weighted by atomic mass is 32.2. The Labute approximate surface area is 151 Å². The first kappa shape index (κ1) is 17.9. The fourth-order valence-electron chi connectivity index (χ4n) is 2.03. The molecule has 1 aromatic heterocycles. The number of hydrogen-bond acceptors (Lipinski definition) is 6. The molecule has 6 nitrogen and oxygen atoms in total. The van der Waals surface area contributed by atoms with Crippen LogP contribution in [0.4, 0.5) is 14.5 Å². The molecule has 0 unspecified atom stereocenters. The number of ether oxygens (including phenoxy) is 1. The highest BCUT2D eigenvalue weighted by molar-refractivity contribution is 7.99. The number of carbonyl (C=O) groups is 1. The van der Waals surface area contributed by atoms with Crippen LogP contribution in [0.5, 0.6) is 5.75 Å². The fraction of sp³-hybridized carbons (Fsp3) is 0.118. The molecule has 26 heavy (non-hydrogen) atoms. The van der Waals surface area contributed by atoms with Crippen molar-refractivity contribution in [1.29, 1.82) is 0 Å². The predicted molar refractivity (Wildman–Crippen MR) is 92.0 cm³/mol. The minimum Gasteiger partial charge on any atom is -0.497 e. The molecule has 0 atom stereocenters. The maximum absolute atomic E-state index is 13.5. The Kier molecular flexibility index (Phi) is 5.47. The molecule has 0 aliphatic carbocycles. The summed E-state index contributed by atoms with van der Waals surface area (Å²) in [6, 6.07) is 9.86. The van der Waals surface area contributed by atoms with Gasteiger partial charge in [-0.25, -0.2) is 8.78 Å². The lowest BCUT2D eigenvalue weighted by atomic mass is 10.2. The van der Waals surface area contributed by atoms with Gasteiger partial charge in [-0.2, -0.15) is 0 Å². The number of rotatable bonds is 6. The molecule has 0 spiro atoms. The van der Waals surface area contributed by atoms with Crippen LogP contribution in [0.25, 0.3) is 11.5 Å². The maximum atomic E-state index is 13.5. The summed E-state index contributed by atoms with van der Waals surface area (Å²) < 4.78 is 37.1. The van der Waals surface area contributed by atoms with Crippen molar-refractivity contribution in [2.75, 3.05) is 18.2 Å². The van der Waals surface area contributed by atoms with Crippen molar-refractivity contribution in [3.8, 4) is 17.2 Å². The van der Waals surface area contributed by atoms with Gasteiger partial charge >= 0.3 is 0 Å². The van der Waals surface area contributed by atoms with Gasteiger partial charge < -0.3 is 14.5 Å². The van der Waals surface area contributed by atoms with Gasteiger partial charge in [0, 0.05) is 11.6 Å². The molecule has 2 aromatic carbocycles. The lowest BCUT2D eigenvalue weighted by Crippen LogP contribution is -2.15. The second kappa shape index (κ2) is 7.96. The van der Waals surface area contributed by atoms with E-state index in [1.807, 2.05) is 0 Å². The van der Waals surface area contributed by atoms with Gasteiger partial charge in [-0.3, -0.25) is 4.79 Å². The van der Waals surface area contributed by atoms with E-state index in [9.17, 15) is 13.6 Å². The van der Waals surface area contributed by atoms with Crippen LogP contribution in [-0.2, 0) is 4.79 Å². The van der Waals surface area contributed by atoms with Gasteiger partial charge in [-0.05, 0) is 36.4 Å². The fourth-order valence-corrected chi connectivity index (χ4v) is 2.59. The number of halogens is 2. The van der Waals surface area contributed by atoms with E-state index in [-0.39, 0.29) is 16.7 Å². The first-order valence-electron chi connectivity index (χ1n) is 7.41. The first-order chi connectivity index (χ1) is 12.5. The lowest BCUT2D eigenvalue weighted by molar-refractivity contribution is -0.113. The molecule has 3 rings (SSSR count). The Morgan fingerprint density at radius 2 is 1.96 bits per heavy atom. The van der Waals surface area contributed by atoms with Crippen LogP contribution in [0.3, 0.4) is 0 Å². The molecule has 0 saturated carbocycles. The smallest absolute Gasteiger partial charge is 0.277 e. The summed E-state index contributed by atoms with van der Waals surface area (Å²) in [7, 11) is 1.57. The van der Waals surface area contributed by atoms with Crippen LogP contribution in [0, 0.1) is 11.6 Å². The van der Waals surface area contributed by atoms with E-state index in [2.05, 4.69) is 15.5 Å². The van der Waals surface area contributed by atoms with Crippen molar-refractivity contribution >= 4 is 23.4 Å². The number of carbonyl (C=O) groups excluding carboxylic acids is 1. The van der Waals surface area contributed by atoms with Crippen molar-refractivity contribution in [1.82, 2.24) is 10.2 Å². The molecule has 0 fully saturated rings. The minimum absolute atomic E-state index is 0.0970. The summed E-state index contributed by atoms with van der Waals surface area (Å²) in [5.41, 5.74) is 0.483. The monoisotopic (exact) mass is 377 g/mol. The number of nitrogens with one attached hydrogen (secondary N) is 1. The van der Waals surface area contributed by atoms with E-state index in [0.717, 1.165) is 30.0 Å². The zero-order chi connectivity index (χ0) is 18.5. The van der Waals surface area contributed by atoms with Crippen LogP contribution in [-0.4, -0.2) is 29.0 Å². The van der Waals surface area contributed by atoms with Crippen LogP contribution >= 0.6 is 11.8 Å². The summed E-state index contributed by atoms with van der Waals surface area (Å²) in [6.45, 7) is 0. The van der Waals surface area contributed by atoms with E-state index in [1.165, 1.54) is 0 Å². The number of amides is 1. The third kappa shape index (κ3) is 4.37. The zero-order valence-electron chi connectivity index (χ0n) is 13.5. The Morgan fingerprint density at radius 1 is 1.19 bits per heavy atom. The molecule has 3 aromatic rings. The van der Waals surface area contributed by atoms with Crippen LogP contribution < -0.4 is 10.1 Å². The van der Waals surface area contributed by atoms with Crippen LogP contribution in [0.2, 0.25) is 0 Å². The summed E-state index contributed by atoms with van der Waals surface area (Å²) >= 11 is 0.988. The standard InChI is InChI=1S/C17H13F2N3O3S/c1-24-12-5-2-10(3-6-12)16-21-22-17(25-16)26-9-15(23)20-14-8-11(18)4-7-13(14)19/h2-8H,9H2,1H3,(H,20,23). The molecule has 0 aliphatic rings. The summed E-state index contributed by atoms with van der Waals surface area (Å²) in [4.78, 5) is 11.9. The molecule has 0 bridgehead atoms. The molecule has 0 saturated heterocycles. The number of thioether (sulfide) groups is 1. The molecule has 1 N–H and O–H groups in total. The molecule has 0 radical (unpaired) electrons. The zero-order valence-corrected chi connectivity index (χ0v) is 14.3. The third-order valence-electron chi connectivity index (χ3n) is 3.27. The van der Waals surface area contributed by atoms with Crippen LogP contribution in [0.15, 0.2) is 52.1 Å². The molecule has 134 valence electrons. The van der Waals surface area contributed by atoms with E-state index in [4.69, 9.17) is 9.15 Å². The van der Waals surface area contributed by atoms with Crippen molar-refractivity contribution in [2.24, 2.45) is 0 Å². The summed E-state index contributed by atoms with van der Waals surface area (Å²) in [6.07, 6.45) is 0. The topological polar surface area (TPSA) is 77.2 Å².